The summed E-state index contributed by atoms with van der Waals surface area (Å²) in [5, 5.41) is 7.69. The summed E-state index contributed by atoms with van der Waals surface area (Å²) in [6, 6.07) is 0.471. The Morgan fingerprint density at radius 1 is 1.42 bits per heavy atom. The van der Waals surface area contributed by atoms with E-state index in [9.17, 15) is 4.79 Å². The monoisotopic (exact) mass is 354 g/mol. The van der Waals surface area contributed by atoms with Crippen LogP contribution in [0.25, 0.3) is 0 Å². The van der Waals surface area contributed by atoms with Crippen LogP contribution in [0.3, 0.4) is 0 Å². The Morgan fingerprint density at radius 2 is 2.25 bits per heavy atom. The van der Waals surface area contributed by atoms with Gasteiger partial charge in [0.05, 0.1) is 18.7 Å². The molecule has 0 radical (unpaired) electrons. The molecule has 4 rings (SSSR count). The smallest absolute Gasteiger partial charge is 0.227 e. The number of carbonyl (C=O) groups excluding carboxylic acids is 1. The van der Waals surface area contributed by atoms with E-state index in [1.54, 1.807) is 0 Å². The fourth-order valence-electron chi connectivity index (χ4n) is 3.94. The molecule has 2 saturated heterocycles. The average molecular weight is 355 g/mol. The second kappa shape index (κ2) is 7.42. The number of amides is 1. The molecule has 3 heterocycles. The van der Waals surface area contributed by atoms with E-state index in [2.05, 4.69) is 15.3 Å². The maximum atomic E-state index is 13.2. The minimum atomic E-state index is 0. The second-order valence-corrected chi connectivity index (χ2v) is 7.27. The molecule has 3 aliphatic rings. The molecule has 1 N–H and O–H groups in total. The van der Waals surface area contributed by atoms with Crippen molar-refractivity contribution < 1.29 is 9.53 Å². The van der Waals surface area contributed by atoms with Crippen molar-refractivity contribution in [2.24, 2.45) is 18.9 Å². The summed E-state index contributed by atoms with van der Waals surface area (Å²) >= 11 is 0. The van der Waals surface area contributed by atoms with Gasteiger partial charge in [-0.05, 0) is 24.8 Å². The number of nitrogens with one attached hydrogen (secondary N) is 1. The van der Waals surface area contributed by atoms with E-state index in [4.69, 9.17) is 4.74 Å². The first kappa shape index (κ1) is 17.7. The summed E-state index contributed by atoms with van der Waals surface area (Å²) < 4.78 is 7.32. The van der Waals surface area contributed by atoms with E-state index >= 15 is 0 Å². The molecule has 1 aromatic rings. The van der Waals surface area contributed by atoms with Crippen molar-refractivity contribution in [1.29, 1.82) is 0 Å². The van der Waals surface area contributed by atoms with E-state index < -0.39 is 0 Å². The lowest BCUT2D eigenvalue weighted by Gasteiger charge is -2.29. The van der Waals surface area contributed by atoms with Crippen molar-refractivity contribution >= 4 is 18.3 Å². The number of nitrogens with zero attached hydrogens (tertiary/aromatic N) is 3. The van der Waals surface area contributed by atoms with Crippen LogP contribution in [0, 0.1) is 11.8 Å². The van der Waals surface area contributed by atoms with Crippen LogP contribution in [0.15, 0.2) is 12.4 Å². The van der Waals surface area contributed by atoms with E-state index in [-0.39, 0.29) is 24.2 Å². The molecule has 134 valence electrons. The summed E-state index contributed by atoms with van der Waals surface area (Å²) in [6.07, 6.45) is 7.37. The minimum absolute atomic E-state index is 0. The molecule has 2 aliphatic heterocycles. The summed E-state index contributed by atoms with van der Waals surface area (Å²) in [4.78, 5) is 15.4. The van der Waals surface area contributed by atoms with Gasteiger partial charge in [0.15, 0.2) is 0 Å². The number of aryl methyl sites for hydroxylation is 1. The highest BCUT2D eigenvalue weighted by Crippen LogP contribution is 2.35. The highest BCUT2D eigenvalue weighted by molar-refractivity contribution is 5.85. The Hall–Kier alpha value is -1.11. The van der Waals surface area contributed by atoms with E-state index in [0.717, 1.165) is 52.1 Å². The summed E-state index contributed by atoms with van der Waals surface area (Å²) in [6.45, 7) is 4.18. The van der Waals surface area contributed by atoms with Crippen LogP contribution in [0.1, 0.15) is 30.7 Å². The van der Waals surface area contributed by atoms with Gasteiger partial charge in [0, 0.05) is 57.4 Å². The summed E-state index contributed by atoms with van der Waals surface area (Å²) in [5.41, 5.74) is 1.18. The number of rotatable bonds is 5. The Bertz CT molecular complexity index is 569. The number of ether oxygens (including phenoxy) is 1. The van der Waals surface area contributed by atoms with E-state index in [0.29, 0.717) is 17.9 Å². The number of halogens is 1. The lowest BCUT2D eigenvalue weighted by atomic mass is 9.89. The topological polar surface area (TPSA) is 59.4 Å². The normalized spacial score (nSPS) is 29.5. The van der Waals surface area contributed by atoms with E-state index in [1.165, 1.54) is 5.56 Å². The zero-order valence-electron chi connectivity index (χ0n) is 14.2. The third-order valence-corrected chi connectivity index (χ3v) is 5.43. The lowest BCUT2D eigenvalue weighted by molar-refractivity contribution is -0.136. The van der Waals surface area contributed by atoms with Gasteiger partial charge < -0.3 is 15.0 Å². The minimum Gasteiger partial charge on any atom is -0.381 e. The summed E-state index contributed by atoms with van der Waals surface area (Å²) in [5.74, 6) is 1.14. The standard InChI is InChI=1S/C17H26N4O2.ClH/c1-20-10-13(6-19-20)15-7-18-8-16(15)17(22)21(14-2-3-14)9-12-4-5-23-11-12;/h6,10,12,14-16,18H,2-5,7-9,11H2,1H3;1H/t12?,15-,16+;/m1./s1. The van der Waals surface area contributed by atoms with Gasteiger partial charge in [0.1, 0.15) is 0 Å². The van der Waals surface area contributed by atoms with Crippen LogP contribution >= 0.6 is 12.4 Å². The summed E-state index contributed by atoms with van der Waals surface area (Å²) in [7, 11) is 1.93. The van der Waals surface area contributed by atoms with Crippen molar-refractivity contribution in [3.8, 4) is 0 Å². The predicted molar refractivity (Wildman–Crippen MR) is 93.2 cm³/mol. The number of hydrogen-bond acceptors (Lipinski definition) is 4. The van der Waals surface area contributed by atoms with Gasteiger partial charge in [-0.25, -0.2) is 0 Å². The highest BCUT2D eigenvalue weighted by atomic mass is 35.5. The molecule has 3 atom stereocenters. The zero-order valence-corrected chi connectivity index (χ0v) is 15.0. The SMILES string of the molecule is Cl.Cn1cc([C@H]2CNC[C@@H]2C(=O)N(CC2CCOC2)C2CC2)cn1. The van der Waals surface area contributed by atoms with Gasteiger partial charge in [-0.3, -0.25) is 9.48 Å². The first-order chi connectivity index (χ1) is 11.2. The van der Waals surface area contributed by atoms with Gasteiger partial charge in [0.25, 0.3) is 0 Å². The van der Waals surface area contributed by atoms with Gasteiger partial charge in [-0.2, -0.15) is 5.10 Å². The first-order valence-electron chi connectivity index (χ1n) is 8.80. The molecular formula is C17H27ClN4O2. The molecule has 3 fully saturated rings. The Morgan fingerprint density at radius 3 is 2.88 bits per heavy atom. The molecule has 7 heteroatoms. The number of carbonyl (C=O) groups is 1. The molecule has 24 heavy (non-hydrogen) atoms. The number of aromatic nitrogens is 2. The van der Waals surface area contributed by atoms with Crippen molar-refractivity contribution in [2.75, 3.05) is 32.8 Å². The highest BCUT2D eigenvalue weighted by Gasteiger charge is 2.42. The molecule has 1 unspecified atom stereocenters. The number of hydrogen-bond donors (Lipinski definition) is 1. The predicted octanol–water partition coefficient (Wildman–Crippen LogP) is 1.17. The largest absolute Gasteiger partial charge is 0.381 e. The zero-order chi connectivity index (χ0) is 15.8. The lowest BCUT2D eigenvalue weighted by Crippen LogP contribution is -2.43. The fourth-order valence-corrected chi connectivity index (χ4v) is 3.94. The molecule has 1 saturated carbocycles. The van der Waals surface area contributed by atoms with Crippen LogP contribution < -0.4 is 5.32 Å². The molecule has 1 aromatic heterocycles. The van der Waals surface area contributed by atoms with Crippen LogP contribution in [0.4, 0.5) is 0 Å². The molecule has 6 nitrogen and oxygen atoms in total. The van der Waals surface area contributed by atoms with Gasteiger partial charge in [0.2, 0.25) is 5.91 Å². The molecular weight excluding hydrogens is 328 g/mol. The maximum Gasteiger partial charge on any atom is 0.227 e. The molecule has 1 aliphatic carbocycles. The van der Waals surface area contributed by atoms with Crippen molar-refractivity contribution in [3.63, 3.8) is 0 Å². The first-order valence-corrected chi connectivity index (χ1v) is 8.80. The van der Waals surface area contributed by atoms with Crippen molar-refractivity contribution in [3.05, 3.63) is 18.0 Å². The molecule has 0 spiro atoms. The molecule has 1 amide bonds. The third-order valence-electron chi connectivity index (χ3n) is 5.43. The molecule has 0 bridgehead atoms. The van der Waals surface area contributed by atoms with Crippen molar-refractivity contribution in [1.82, 2.24) is 20.0 Å². The van der Waals surface area contributed by atoms with Gasteiger partial charge in [-0.1, -0.05) is 0 Å². The Kier molecular flexibility index (Phi) is 5.47. The quantitative estimate of drug-likeness (QED) is 0.862. The fraction of sp³-hybridized carbons (Fsp3) is 0.765. The Balaban J connectivity index is 0.00000169. The average Bonchev–Trinajstić information content (AvgIpc) is 2.98. The molecule has 0 aromatic carbocycles. The van der Waals surface area contributed by atoms with Crippen LogP contribution in [0.2, 0.25) is 0 Å². The van der Waals surface area contributed by atoms with Gasteiger partial charge >= 0.3 is 0 Å². The van der Waals surface area contributed by atoms with E-state index in [1.807, 2.05) is 24.1 Å². The van der Waals surface area contributed by atoms with Gasteiger partial charge in [-0.15, -0.1) is 12.4 Å². The maximum absolute atomic E-state index is 13.2. The van der Waals surface area contributed by atoms with Crippen LogP contribution in [-0.4, -0.2) is 59.5 Å². The van der Waals surface area contributed by atoms with Crippen molar-refractivity contribution in [2.45, 2.75) is 31.2 Å². The van der Waals surface area contributed by atoms with Crippen LogP contribution in [-0.2, 0) is 16.6 Å². The second-order valence-electron chi connectivity index (χ2n) is 7.27. The Labute approximate surface area is 149 Å². The van der Waals surface area contributed by atoms with Crippen LogP contribution in [0.5, 0.6) is 0 Å². The third kappa shape index (κ3) is 3.60.